The van der Waals surface area contributed by atoms with E-state index in [0.29, 0.717) is 16.6 Å². The summed E-state index contributed by atoms with van der Waals surface area (Å²) in [5.41, 5.74) is 2.38. The van der Waals surface area contributed by atoms with Crippen molar-refractivity contribution in [2.24, 2.45) is 0 Å². The molecular weight excluding hydrogens is 376 g/mol. The molecule has 3 aromatic rings. The Morgan fingerprint density at radius 1 is 1.07 bits per heavy atom. The number of nitrogens with one attached hydrogen (secondary N) is 1. The van der Waals surface area contributed by atoms with Gasteiger partial charge in [0.1, 0.15) is 5.69 Å². The molecule has 1 amide bonds. The van der Waals surface area contributed by atoms with E-state index in [9.17, 15) is 14.4 Å². The molecule has 29 heavy (non-hydrogen) atoms. The van der Waals surface area contributed by atoms with Gasteiger partial charge in [0.15, 0.2) is 0 Å². The highest BCUT2D eigenvalue weighted by atomic mass is 16.5. The number of carbonyl (C=O) groups is 3. The minimum absolute atomic E-state index is 0.0288. The Hall–Kier alpha value is -3.68. The summed E-state index contributed by atoms with van der Waals surface area (Å²) < 4.78 is 15.4. The minimum atomic E-state index is -1.07. The number of amides is 1. The van der Waals surface area contributed by atoms with Gasteiger partial charge in [-0.1, -0.05) is 30.3 Å². The number of aromatic nitrogens is 1. The monoisotopic (exact) mass is 396 g/mol. The fraction of sp³-hybridized carbons (Fsp3) is 0.238. The summed E-state index contributed by atoms with van der Waals surface area (Å²) in [6.07, 6.45) is 0. The van der Waals surface area contributed by atoms with Crippen LogP contribution in [-0.2, 0) is 19.1 Å². The van der Waals surface area contributed by atoms with E-state index < -0.39 is 17.8 Å². The third kappa shape index (κ3) is 4.11. The molecule has 0 aliphatic rings. The van der Waals surface area contributed by atoms with Crippen LogP contribution in [-0.4, -0.2) is 36.0 Å². The van der Waals surface area contributed by atoms with Crippen LogP contribution in [0, 0.1) is 6.92 Å². The molecule has 2 aromatic heterocycles. The molecule has 2 heterocycles. The number of furan rings is 1. The van der Waals surface area contributed by atoms with Crippen molar-refractivity contribution in [3.8, 4) is 11.3 Å². The second kappa shape index (κ2) is 8.55. The smallest absolute Gasteiger partial charge is 0.397 e. The topological polar surface area (TPSA) is 108 Å². The summed E-state index contributed by atoms with van der Waals surface area (Å²) in [6, 6.07) is 11.3. The van der Waals surface area contributed by atoms with Crippen LogP contribution < -0.4 is 5.32 Å². The lowest BCUT2D eigenvalue weighted by molar-refractivity contribution is -0.152. The number of esters is 2. The molecule has 150 valence electrons. The van der Waals surface area contributed by atoms with E-state index >= 15 is 0 Å². The Morgan fingerprint density at radius 3 is 2.41 bits per heavy atom. The van der Waals surface area contributed by atoms with Crippen LogP contribution in [0.1, 0.15) is 30.0 Å². The first-order chi connectivity index (χ1) is 14.0. The van der Waals surface area contributed by atoms with Gasteiger partial charge in [-0.3, -0.25) is 4.79 Å². The number of benzene rings is 1. The molecule has 0 spiro atoms. The highest BCUT2D eigenvalue weighted by molar-refractivity contribution is 6.38. The van der Waals surface area contributed by atoms with E-state index in [0.717, 1.165) is 5.56 Å². The van der Waals surface area contributed by atoms with Crippen molar-refractivity contribution in [3.63, 3.8) is 0 Å². The summed E-state index contributed by atoms with van der Waals surface area (Å²) in [7, 11) is 0. The molecule has 3 rings (SSSR count). The van der Waals surface area contributed by atoms with E-state index in [2.05, 4.69) is 10.3 Å². The van der Waals surface area contributed by atoms with Crippen LogP contribution in [0.5, 0.6) is 0 Å². The normalized spacial score (nSPS) is 10.6. The molecule has 0 saturated carbocycles. The third-order valence-corrected chi connectivity index (χ3v) is 4.09. The summed E-state index contributed by atoms with van der Waals surface area (Å²) in [4.78, 5) is 40.8. The fourth-order valence-corrected chi connectivity index (χ4v) is 2.86. The molecule has 0 bridgehead atoms. The van der Waals surface area contributed by atoms with Gasteiger partial charge in [0.2, 0.25) is 11.5 Å². The zero-order valence-corrected chi connectivity index (χ0v) is 16.3. The average molecular weight is 396 g/mol. The van der Waals surface area contributed by atoms with Crippen LogP contribution >= 0.6 is 0 Å². The average Bonchev–Trinajstić information content (AvgIpc) is 3.08. The highest BCUT2D eigenvalue weighted by Crippen LogP contribution is 2.35. The van der Waals surface area contributed by atoms with E-state index in [1.165, 1.54) is 0 Å². The molecule has 0 aliphatic carbocycles. The Kier molecular flexibility index (Phi) is 5.92. The minimum Gasteiger partial charge on any atom is -0.460 e. The first-order valence-electron chi connectivity index (χ1n) is 9.11. The van der Waals surface area contributed by atoms with Crippen LogP contribution in [0.2, 0.25) is 0 Å². The number of nitrogens with zero attached hydrogens (tertiary/aromatic N) is 1. The van der Waals surface area contributed by atoms with E-state index in [-0.39, 0.29) is 30.4 Å². The van der Waals surface area contributed by atoms with E-state index in [1.54, 1.807) is 20.8 Å². The molecule has 8 nitrogen and oxygen atoms in total. The van der Waals surface area contributed by atoms with Crippen molar-refractivity contribution >= 4 is 34.6 Å². The van der Waals surface area contributed by atoms with Crippen LogP contribution in [0.4, 0.5) is 5.69 Å². The highest BCUT2D eigenvalue weighted by Gasteiger charge is 2.28. The zero-order valence-electron chi connectivity index (χ0n) is 16.3. The van der Waals surface area contributed by atoms with Gasteiger partial charge in [-0.2, -0.15) is 0 Å². The molecule has 0 fully saturated rings. The first kappa shape index (κ1) is 20.1. The lowest BCUT2D eigenvalue weighted by Crippen LogP contribution is -2.25. The Balaban J connectivity index is 2.13. The number of hydrogen-bond donors (Lipinski definition) is 1. The van der Waals surface area contributed by atoms with Crippen LogP contribution in [0.15, 0.2) is 40.8 Å². The van der Waals surface area contributed by atoms with Gasteiger partial charge < -0.3 is 19.2 Å². The Labute approximate surface area is 166 Å². The molecule has 1 N–H and O–H groups in total. The number of fused-ring (bicyclic) bond motifs is 1. The Bertz CT molecular complexity index is 1070. The fourth-order valence-electron chi connectivity index (χ4n) is 2.86. The Morgan fingerprint density at radius 2 is 1.76 bits per heavy atom. The number of ether oxygens (including phenoxy) is 2. The van der Waals surface area contributed by atoms with Crippen molar-refractivity contribution < 1.29 is 28.3 Å². The number of anilines is 1. The maximum absolute atomic E-state index is 12.4. The standard InChI is InChI=1S/C21H20N2O6/c1-4-27-20(25)17-16(23-18(24)21(26)28-5-2)15-12(3)11-14(22-19(15)29-17)13-9-7-6-8-10-13/h6-11H,4-5H2,1-3H3,(H,23,24). The molecule has 0 radical (unpaired) electrons. The van der Waals surface area contributed by atoms with Crippen molar-refractivity contribution in [2.45, 2.75) is 20.8 Å². The van der Waals surface area contributed by atoms with Crippen molar-refractivity contribution in [1.82, 2.24) is 4.98 Å². The van der Waals surface area contributed by atoms with Gasteiger partial charge in [-0.15, -0.1) is 0 Å². The third-order valence-electron chi connectivity index (χ3n) is 4.09. The van der Waals surface area contributed by atoms with E-state index in [4.69, 9.17) is 13.9 Å². The van der Waals surface area contributed by atoms with E-state index in [1.807, 2.05) is 36.4 Å². The van der Waals surface area contributed by atoms with Gasteiger partial charge in [-0.25, -0.2) is 14.6 Å². The lowest BCUT2D eigenvalue weighted by atomic mass is 10.1. The predicted molar refractivity (Wildman–Crippen MR) is 105 cm³/mol. The maximum atomic E-state index is 12.4. The predicted octanol–water partition coefficient (Wildman–Crippen LogP) is 3.48. The molecule has 1 aromatic carbocycles. The first-order valence-corrected chi connectivity index (χ1v) is 9.11. The molecule has 0 atom stereocenters. The second-order valence-electron chi connectivity index (χ2n) is 6.07. The zero-order chi connectivity index (χ0) is 21.0. The van der Waals surface area contributed by atoms with Gasteiger partial charge in [-0.05, 0) is 32.4 Å². The summed E-state index contributed by atoms with van der Waals surface area (Å²) in [5, 5.41) is 2.82. The van der Waals surface area contributed by atoms with Crippen LogP contribution in [0.25, 0.3) is 22.4 Å². The van der Waals surface area contributed by atoms with Gasteiger partial charge in [0.25, 0.3) is 0 Å². The van der Waals surface area contributed by atoms with Gasteiger partial charge in [0.05, 0.1) is 24.3 Å². The van der Waals surface area contributed by atoms with Gasteiger partial charge >= 0.3 is 17.8 Å². The van der Waals surface area contributed by atoms with Crippen LogP contribution in [0.3, 0.4) is 0 Å². The summed E-state index contributed by atoms with van der Waals surface area (Å²) in [5.74, 6) is -3.10. The number of pyridine rings is 1. The SMILES string of the molecule is CCOC(=O)C(=O)Nc1c(C(=O)OCC)oc2nc(-c3ccccc3)cc(C)c12. The summed E-state index contributed by atoms with van der Waals surface area (Å²) in [6.45, 7) is 5.18. The largest absolute Gasteiger partial charge is 0.460 e. The van der Waals surface area contributed by atoms with Crippen molar-refractivity contribution in [1.29, 1.82) is 0 Å². The quantitative estimate of drug-likeness (QED) is 0.519. The number of carbonyl (C=O) groups excluding carboxylic acids is 3. The number of rotatable bonds is 5. The maximum Gasteiger partial charge on any atom is 0.397 e. The number of aryl methyl sites for hydroxylation is 1. The molecular formula is C21H20N2O6. The lowest BCUT2D eigenvalue weighted by Gasteiger charge is -2.07. The molecule has 0 saturated heterocycles. The second-order valence-corrected chi connectivity index (χ2v) is 6.07. The van der Waals surface area contributed by atoms with Crippen molar-refractivity contribution in [3.05, 3.63) is 47.7 Å². The van der Waals surface area contributed by atoms with Crippen molar-refractivity contribution in [2.75, 3.05) is 18.5 Å². The van der Waals surface area contributed by atoms with Gasteiger partial charge in [0, 0.05) is 5.56 Å². The summed E-state index contributed by atoms with van der Waals surface area (Å²) >= 11 is 0. The number of hydrogen-bond acceptors (Lipinski definition) is 7. The molecule has 0 unspecified atom stereocenters. The molecule has 0 aliphatic heterocycles. The molecule has 8 heteroatoms.